The highest BCUT2D eigenvalue weighted by Crippen LogP contribution is 2.26. The topological polar surface area (TPSA) is 26.3 Å². The highest BCUT2D eigenvalue weighted by molar-refractivity contribution is 7.99. The van der Waals surface area contributed by atoms with E-state index in [2.05, 4.69) is 0 Å². The zero-order valence-corrected chi connectivity index (χ0v) is 13.9. The molecular weight excluding hydrogens is 316 g/mol. The van der Waals surface area contributed by atoms with Crippen LogP contribution >= 0.6 is 23.4 Å². The number of esters is 1. The zero-order valence-electron chi connectivity index (χ0n) is 12.3. The van der Waals surface area contributed by atoms with Crippen molar-refractivity contribution in [2.45, 2.75) is 11.8 Å². The molecule has 0 unspecified atom stereocenters. The molecule has 22 heavy (non-hydrogen) atoms. The molecule has 0 radical (unpaired) electrons. The van der Waals surface area contributed by atoms with Gasteiger partial charge in [0.25, 0.3) is 0 Å². The Kier molecular flexibility index (Phi) is 6.56. The second-order valence-electron chi connectivity index (χ2n) is 4.53. The quantitative estimate of drug-likeness (QED) is 0.419. The standard InChI is InChI=1S/C18H17ClO2S/c1-2-21-18(20)12-15(14-6-4-3-5-7-14)13-22-17-10-8-16(19)9-11-17/h3-12H,2,13H2,1H3. The maximum atomic E-state index is 11.8. The summed E-state index contributed by atoms with van der Waals surface area (Å²) in [5.74, 6) is 0.378. The molecule has 2 aromatic rings. The number of carbonyl (C=O) groups is 1. The molecule has 0 heterocycles. The lowest BCUT2D eigenvalue weighted by molar-refractivity contribution is -0.137. The predicted octanol–water partition coefficient (Wildman–Crippen LogP) is 5.08. The zero-order chi connectivity index (χ0) is 15.8. The Balaban J connectivity index is 2.14. The fraction of sp³-hybridized carbons (Fsp3) is 0.167. The van der Waals surface area contributed by atoms with Crippen LogP contribution in [0.3, 0.4) is 0 Å². The van der Waals surface area contributed by atoms with Crippen molar-refractivity contribution in [3.63, 3.8) is 0 Å². The minimum absolute atomic E-state index is 0.307. The minimum Gasteiger partial charge on any atom is -0.463 e. The smallest absolute Gasteiger partial charge is 0.331 e. The van der Waals surface area contributed by atoms with Crippen molar-refractivity contribution in [1.29, 1.82) is 0 Å². The van der Waals surface area contributed by atoms with Crippen LogP contribution in [0.5, 0.6) is 0 Å². The molecule has 4 heteroatoms. The third-order valence-corrected chi connectivity index (χ3v) is 4.24. The number of carbonyl (C=O) groups excluding carboxylic acids is 1. The van der Waals surface area contributed by atoms with Gasteiger partial charge in [-0.05, 0) is 42.3 Å². The summed E-state index contributed by atoms with van der Waals surface area (Å²) in [5.41, 5.74) is 1.97. The summed E-state index contributed by atoms with van der Waals surface area (Å²) in [7, 11) is 0. The molecule has 2 aromatic carbocycles. The van der Waals surface area contributed by atoms with Crippen LogP contribution in [0.1, 0.15) is 12.5 Å². The lowest BCUT2D eigenvalue weighted by atomic mass is 10.1. The van der Waals surface area contributed by atoms with Gasteiger partial charge >= 0.3 is 5.97 Å². The number of thioether (sulfide) groups is 1. The molecule has 2 nitrogen and oxygen atoms in total. The van der Waals surface area contributed by atoms with Crippen molar-refractivity contribution >= 4 is 34.9 Å². The van der Waals surface area contributed by atoms with E-state index in [4.69, 9.17) is 16.3 Å². The van der Waals surface area contributed by atoms with Gasteiger partial charge in [-0.3, -0.25) is 0 Å². The van der Waals surface area contributed by atoms with Crippen LogP contribution in [0.25, 0.3) is 5.57 Å². The summed E-state index contributed by atoms with van der Waals surface area (Å²) in [6.45, 7) is 2.18. The Hall–Kier alpha value is -1.71. The number of rotatable bonds is 6. The minimum atomic E-state index is -0.307. The Bertz CT molecular complexity index is 636. The Labute approximate surface area is 140 Å². The fourth-order valence-corrected chi connectivity index (χ4v) is 2.91. The van der Waals surface area contributed by atoms with Gasteiger partial charge in [0, 0.05) is 21.7 Å². The summed E-state index contributed by atoms with van der Waals surface area (Å²) in [6.07, 6.45) is 1.57. The lowest BCUT2D eigenvalue weighted by Gasteiger charge is -2.08. The number of benzene rings is 2. The van der Waals surface area contributed by atoms with Gasteiger partial charge in [0.2, 0.25) is 0 Å². The van der Waals surface area contributed by atoms with E-state index in [1.54, 1.807) is 24.8 Å². The second-order valence-corrected chi connectivity index (χ2v) is 6.02. The van der Waals surface area contributed by atoms with Gasteiger partial charge in [-0.15, -0.1) is 11.8 Å². The van der Waals surface area contributed by atoms with E-state index in [0.29, 0.717) is 12.4 Å². The average molecular weight is 333 g/mol. The Morgan fingerprint density at radius 3 is 2.45 bits per heavy atom. The summed E-state index contributed by atoms with van der Waals surface area (Å²) in [5, 5.41) is 0.717. The molecule has 0 atom stereocenters. The largest absolute Gasteiger partial charge is 0.463 e. The van der Waals surface area contributed by atoms with Crippen LogP contribution in [0.15, 0.2) is 65.6 Å². The van der Waals surface area contributed by atoms with Gasteiger partial charge < -0.3 is 4.74 Å². The molecule has 0 saturated heterocycles. The van der Waals surface area contributed by atoms with Gasteiger partial charge in [0.15, 0.2) is 0 Å². The van der Waals surface area contributed by atoms with E-state index in [1.807, 2.05) is 54.6 Å². The van der Waals surface area contributed by atoms with Crippen LogP contribution in [-0.2, 0) is 9.53 Å². The fourth-order valence-electron chi connectivity index (χ4n) is 1.88. The van der Waals surface area contributed by atoms with Gasteiger partial charge in [-0.2, -0.15) is 0 Å². The third kappa shape index (κ3) is 5.24. The van der Waals surface area contributed by atoms with Crippen LogP contribution in [0.2, 0.25) is 5.02 Å². The summed E-state index contributed by atoms with van der Waals surface area (Å²) in [6, 6.07) is 17.5. The van der Waals surface area contributed by atoms with Gasteiger partial charge in [0.1, 0.15) is 0 Å². The maximum Gasteiger partial charge on any atom is 0.331 e. The van der Waals surface area contributed by atoms with Crippen LogP contribution in [0.4, 0.5) is 0 Å². The molecule has 114 valence electrons. The van der Waals surface area contributed by atoms with E-state index in [1.165, 1.54) is 0 Å². The van der Waals surface area contributed by atoms with E-state index < -0.39 is 0 Å². The molecule has 0 bridgehead atoms. The van der Waals surface area contributed by atoms with Crippen molar-refractivity contribution in [3.8, 4) is 0 Å². The first-order valence-electron chi connectivity index (χ1n) is 7.00. The van der Waals surface area contributed by atoms with Crippen molar-refractivity contribution in [3.05, 3.63) is 71.3 Å². The molecule has 0 amide bonds. The van der Waals surface area contributed by atoms with Crippen molar-refractivity contribution in [2.75, 3.05) is 12.4 Å². The molecule has 0 aromatic heterocycles. The summed E-state index contributed by atoms with van der Waals surface area (Å²) in [4.78, 5) is 12.9. The molecule has 0 aliphatic carbocycles. The van der Waals surface area contributed by atoms with E-state index in [0.717, 1.165) is 21.1 Å². The number of hydrogen-bond acceptors (Lipinski definition) is 3. The first-order chi connectivity index (χ1) is 10.7. The maximum absolute atomic E-state index is 11.8. The first kappa shape index (κ1) is 16.7. The lowest BCUT2D eigenvalue weighted by Crippen LogP contribution is -2.02. The molecule has 0 aliphatic rings. The summed E-state index contributed by atoms with van der Waals surface area (Å²) < 4.78 is 5.02. The molecule has 2 rings (SSSR count). The van der Waals surface area contributed by atoms with Crippen LogP contribution in [-0.4, -0.2) is 18.3 Å². The van der Waals surface area contributed by atoms with Crippen molar-refractivity contribution in [2.24, 2.45) is 0 Å². The first-order valence-corrected chi connectivity index (χ1v) is 8.36. The summed E-state index contributed by atoms with van der Waals surface area (Å²) >= 11 is 7.55. The average Bonchev–Trinajstić information content (AvgIpc) is 2.54. The molecule has 0 fully saturated rings. The van der Waals surface area contributed by atoms with Crippen LogP contribution in [0, 0.1) is 0 Å². The monoisotopic (exact) mass is 332 g/mol. The molecule has 0 spiro atoms. The van der Waals surface area contributed by atoms with E-state index in [-0.39, 0.29) is 5.97 Å². The number of ether oxygens (including phenoxy) is 1. The molecule has 0 N–H and O–H groups in total. The van der Waals surface area contributed by atoms with Crippen molar-refractivity contribution < 1.29 is 9.53 Å². The highest BCUT2D eigenvalue weighted by Gasteiger charge is 2.07. The van der Waals surface area contributed by atoms with Crippen molar-refractivity contribution in [1.82, 2.24) is 0 Å². The van der Waals surface area contributed by atoms with Crippen LogP contribution < -0.4 is 0 Å². The second kappa shape index (κ2) is 8.66. The van der Waals surface area contributed by atoms with E-state index >= 15 is 0 Å². The number of hydrogen-bond donors (Lipinski definition) is 0. The highest BCUT2D eigenvalue weighted by atomic mass is 35.5. The Morgan fingerprint density at radius 1 is 1.14 bits per heavy atom. The van der Waals surface area contributed by atoms with E-state index in [9.17, 15) is 4.79 Å². The van der Waals surface area contributed by atoms with Gasteiger partial charge in [-0.1, -0.05) is 41.9 Å². The SMILES string of the molecule is CCOC(=O)C=C(CSc1ccc(Cl)cc1)c1ccccc1. The molecule has 0 saturated carbocycles. The third-order valence-electron chi connectivity index (χ3n) is 2.93. The predicted molar refractivity (Wildman–Crippen MR) is 93.2 cm³/mol. The molecule has 0 aliphatic heterocycles. The number of halogens is 1. The van der Waals surface area contributed by atoms with Gasteiger partial charge in [0.05, 0.1) is 6.61 Å². The Morgan fingerprint density at radius 2 is 1.82 bits per heavy atom. The van der Waals surface area contributed by atoms with Gasteiger partial charge in [-0.25, -0.2) is 4.79 Å². The normalized spacial score (nSPS) is 11.3. The molecular formula is C18H17ClO2S.